The first kappa shape index (κ1) is 20.5. The molecule has 0 aliphatic heterocycles. The Morgan fingerprint density at radius 1 is 1.04 bits per heavy atom. The molecular weight excluding hydrogens is 490 g/mol. The third-order valence-electron chi connectivity index (χ3n) is 3.40. The molecule has 2 aromatic heterocycles. The van der Waals surface area contributed by atoms with Gasteiger partial charge in [0, 0.05) is 0 Å². The van der Waals surface area contributed by atoms with Crippen LogP contribution in [0.15, 0.2) is 36.4 Å². The highest BCUT2D eigenvalue weighted by Crippen LogP contribution is 2.26. The van der Waals surface area contributed by atoms with Gasteiger partial charge in [0.05, 0.1) is 39.0 Å². The zero-order valence-electron chi connectivity index (χ0n) is 12.8. The number of aromatic nitrogens is 4. The maximum atomic E-state index is 11.3. The van der Waals surface area contributed by atoms with Crippen LogP contribution < -0.4 is 0 Å². The van der Waals surface area contributed by atoms with Gasteiger partial charge in [-0.15, -0.1) is 0 Å². The first-order valence-corrected chi connectivity index (χ1v) is 8.85. The van der Waals surface area contributed by atoms with E-state index in [1.165, 1.54) is 7.11 Å². The lowest BCUT2D eigenvalue weighted by atomic mass is 10.2. The lowest BCUT2D eigenvalue weighted by Gasteiger charge is -1.96. The number of aromatic amines is 2. The molecule has 6 nitrogen and oxygen atoms in total. The molecule has 0 bridgehead atoms. The van der Waals surface area contributed by atoms with Gasteiger partial charge in [-0.25, -0.2) is 4.79 Å². The van der Waals surface area contributed by atoms with Gasteiger partial charge in [-0.05, 0) is 46.9 Å². The molecule has 2 heterocycles. The van der Waals surface area contributed by atoms with Gasteiger partial charge in [0.15, 0.2) is 5.69 Å². The molecule has 4 rings (SSSR count). The molecular formula is C17H15Cl2IN4O2. The second-order valence-electron chi connectivity index (χ2n) is 4.90. The zero-order chi connectivity index (χ0) is 18.0. The monoisotopic (exact) mass is 504 g/mol. The second-order valence-corrected chi connectivity index (χ2v) is 6.79. The number of halogens is 3. The fourth-order valence-corrected chi connectivity index (χ4v) is 3.64. The maximum absolute atomic E-state index is 11.3. The smallest absolute Gasteiger partial charge is 0.359 e. The molecule has 9 heteroatoms. The number of rotatable bonds is 1. The summed E-state index contributed by atoms with van der Waals surface area (Å²) in [6.07, 6.45) is 0. The topological polar surface area (TPSA) is 83.7 Å². The van der Waals surface area contributed by atoms with Crippen molar-refractivity contribution in [2.75, 3.05) is 7.11 Å². The van der Waals surface area contributed by atoms with Crippen LogP contribution in [0, 0.1) is 3.70 Å². The Morgan fingerprint density at radius 2 is 1.69 bits per heavy atom. The number of esters is 1. The van der Waals surface area contributed by atoms with Crippen LogP contribution in [0.4, 0.5) is 0 Å². The summed E-state index contributed by atoms with van der Waals surface area (Å²) in [5.41, 5.74) is 1.85. The summed E-state index contributed by atoms with van der Waals surface area (Å²) in [4.78, 5) is 11.3. The minimum Gasteiger partial charge on any atom is -0.464 e. The molecule has 0 aliphatic carbocycles. The third kappa shape index (κ3) is 3.94. The van der Waals surface area contributed by atoms with Crippen molar-refractivity contribution in [2.45, 2.75) is 7.43 Å². The Labute approximate surface area is 173 Å². The summed E-state index contributed by atoms with van der Waals surface area (Å²) in [5, 5.41) is 16.3. The fourth-order valence-electron chi connectivity index (χ4n) is 2.26. The highest BCUT2D eigenvalue weighted by molar-refractivity contribution is 14.1. The van der Waals surface area contributed by atoms with Gasteiger partial charge in [-0.1, -0.05) is 42.8 Å². The van der Waals surface area contributed by atoms with E-state index in [9.17, 15) is 4.79 Å². The quantitative estimate of drug-likeness (QED) is 0.266. The highest BCUT2D eigenvalue weighted by Gasteiger charge is 2.16. The Kier molecular flexibility index (Phi) is 6.85. The zero-order valence-corrected chi connectivity index (χ0v) is 16.5. The van der Waals surface area contributed by atoms with Gasteiger partial charge >= 0.3 is 5.97 Å². The Bertz CT molecular complexity index is 1060. The molecule has 0 unspecified atom stereocenters. The Balaban J connectivity index is 0.000000184. The van der Waals surface area contributed by atoms with Gasteiger partial charge < -0.3 is 4.74 Å². The fraction of sp³-hybridized carbons (Fsp3) is 0.118. The largest absolute Gasteiger partial charge is 0.464 e. The van der Waals surface area contributed by atoms with Crippen LogP contribution >= 0.6 is 45.8 Å². The molecule has 136 valence electrons. The van der Waals surface area contributed by atoms with Crippen molar-refractivity contribution in [1.29, 1.82) is 0 Å². The van der Waals surface area contributed by atoms with E-state index >= 15 is 0 Å². The molecule has 2 aromatic carbocycles. The summed E-state index contributed by atoms with van der Waals surface area (Å²) in [5.74, 6) is -0.496. The van der Waals surface area contributed by atoms with Crippen molar-refractivity contribution >= 4 is 73.6 Å². The Morgan fingerprint density at radius 3 is 2.35 bits per heavy atom. The molecule has 0 atom stereocenters. The number of hydrogen-bond donors (Lipinski definition) is 2. The van der Waals surface area contributed by atoms with E-state index in [-0.39, 0.29) is 13.1 Å². The molecule has 0 saturated carbocycles. The predicted octanol–water partition coefficient (Wildman–Crippen LogP) is 5.46. The van der Waals surface area contributed by atoms with Gasteiger partial charge in [0.1, 0.15) is 3.70 Å². The first-order valence-electron chi connectivity index (χ1n) is 7.02. The lowest BCUT2D eigenvalue weighted by Crippen LogP contribution is -2.02. The molecule has 0 spiro atoms. The van der Waals surface area contributed by atoms with Crippen LogP contribution in [0.5, 0.6) is 0 Å². The van der Waals surface area contributed by atoms with Crippen LogP contribution in [0.3, 0.4) is 0 Å². The van der Waals surface area contributed by atoms with E-state index in [1.807, 2.05) is 18.2 Å². The summed E-state index contributed by atoms with van der Waals surface area (Å²) in [7, 11) is 1.31. The van der Waals surface area contributed by atoms with Crippen molar-refractivity contribution in [3.05, 3.63) is 55.8 Å². The Hall–Kier alpha value is -1.84. The SMILES string of the molecule is C.COC(=O)c1n[nH]c2cccc(Cl)c12.Clc1cccc2n[nH]c(I)c12. The summed E-state index contributed by atoms with van der Waals surface area (Å²) >= 11 is 14.1. The van der Waals surface area contributed by atoms with Gasteiger partial charge in [0.2, 0.25) is 0 Å². The minimum atomic E-state index is -0.496. The average Bonchev–Trinajstić information content (AvgIpc) is 3.21. The molecule has 0 aliphatic rings. The number of carbonyl (C=O) groups is 1. The van der Waals surface area contributed by atoms with Crippen molar-refractivity contribution < 1.29 is 9.53 Å². The molecule has 0 radical (unpaired) electrons. The number of fused-ring (bicyclic) bond motifs is 2. The highest BCUT2D eigenvalue weighted by atomic mass is 127. The number of methoxy groups -OCH3 is 1. The number of H-pyrrole nitrogens is 2. The van der Waals surface area contributed by atoms with E-state index in [4.69, 9.17) is 23.2 Å². The van der Waals surface area contributed by atoms with Crippen LogP contribution in [0.25, 0.3) is 21.8 Å². The first-order chi connectivity index (χ1) is 12.0. The van der Waals surface area contributed by atoms with E-state index in [0.29, 0.717) is 10.4 Å². The summed E-state index contributed by atoms with van der Waals surface area (Å²) < 4.78 is 5.57. The maximum Gasteiger partial charge on any atom is 0.359 e. The number of carbonyl (C=O) groups excluding carboxylic acids is 1. The molecule has 0 saturated heterocycles. The average molecular weight is 505 g/mol. The van der Waals surface area contributed by atoms with Gasteiger partial charge in [0.25, 0.3) is 0 Å². The number of nitrogens with one attached hydrogen (secondary N) is 2. The predicted molar refractivity (Wildman–Crippen MR) is 113 cm³/mol. The number of nitrogens with zero attached hydrogens (tertiary/aromatic N) is 2. The van der Waals surface area contributed by atoms with Crippen LogP contribution in [-0.4, -0.2) is 33.5 Å². The van der Waals surface area contributed by atoms with Crippen molar-refractivity contribution in [3.8, 4) is 0 Å². The second kappa shape index (κ2) is 8.70. The third-order valence-corrected chi connectivity index (χ3v) is 4.81. The molecule has 26 heavy (non-hydrogen) atoms. The number of hydrogen-bond acceptors (Lipinski definition) is 4. The summed E-state index contributed by atoms with van der Waals surface area (Å²) in [6.45, 7) is 0. The van der Waals surface area contributed by atoms with Crippen molar-refractivity contribution in [2.24, 2.45) is 0 Å². The normalized spacial score (nSPS) is 10.2. The van der Waals surface area contributed by atoms with E-state index < -0.39 is 5.97 Å². The molecule has 0 fully saturated rings. The van der Waals surface area contributed by atoms with Crippen LogP contribution in [-0.2, 0) is 4.74 Å². The van der Waals surface area contributed by atoms with Crippen LogP contribution in [0.2, 0.25) is 10.0 Å². The van der Waals surface area contributed by atoms with E-state index in [0.717, 1.165) is 25.1 Å². The van der Waals surface area contributed by atoms with Gasteiger partial charge in [-0.3, -0.25) is 10.2 Å². The molecule has 2 N–H and O–H groups in total. The van der Waals surface area contributed by atoms with Crippen molar-refractivity contribution in [3.63, 3.8) is 0 Å². The van der Waals surface area contributed by atoms with Crippen molar-refractivity contribution in [1.82, 2.24) is 20.4 Å². The lowest BCUT2D eigenvalue weighted by molar-refractivity contribution is 0.0596. The summed E-state index contributed by atoms with van der Waals surface area (Å²) in [6, 6.07) is 11.0. The molecule has 0 amide bonds. The number of ether oxygens (including phenoxy) is 1. The standard InChI is InChI=1S/C9H7ClN2O2.C7H4ClIN2.CH4/c1-14-9(13)8-7-5(10)3-2-4-6(7)11-12-8;8-4-2-1-3-5-6(4)7(9)11-10-5;/h2-4H,1H3,(H,11,12);1-3H,(H,10,11);1H4. The van der Waals surface area contributed by atoms with E-state index in [2.05, 4.69) is 47.7 Å². The molecule has 4 aromatic rings. The minimum absolute atomic E-state index is 0. The van der Waals surface area contributed by atoms with Gasteiger partial charge in [-0.2, -0.15) is 10.2 Å². The van der Waals surface area contributed by atoms with E-state index in [1.54, 1.807) is 18.2 Å². The number of benzene rings is 2. The van der Waals surface area contributed by atoms with Crippen LogP contribution in [0.1, 0.15) is 17.9 Å².